The van der Waals surface area contributed by atoms with Gasteiger partial charge in [-0.25, -0.2) is 0 Å². The Bertz CT molecular complexity index is 470. The number of aromatic nitrogens is 1. The van der Waals surface area contributed by atoms with Crippen LogP contribution in [0.5, 0.6) is 0 Å². The second kappa shape index (κ2) is 3.51. The highest BCUT2D eigenvalue weighted by molar-refractivity contribution is 5.64. The van der Waals surface area contributed by atoms with Gasteiger partial charge in [0.2, 0.25) is 0 Å². The molecule has 0 saturated carbocycles. The summed E-state index contributed by atoms with van der Waals surface area (Å²) in [5, 5.41) is 2.28. The van der Waals surface area contributed by atoms with Crippen LogP contribution in [-0.2, 0) is 6.54 Å². The van der Waals surface area contributed by atoms with Gasteiger partial charge in [0, 0.05) is 0 Å². The monoisotopic (exact) mass is 190 g/mol. The van der Waals surface area contributed by atoms with E-state index in [9.17, 15) is 4.79 Å². The number of H-pyrrole nitrogens is 1. The van der Waals surface area contributed by atoms with E-state index in [2.05, 4.69) is 5.16 Å². The summed E-state index contributed by atoms with van der Waals surface area (Å²) in [6.07, 6.45) is 0. The third-order valence-electron chi connectivity index (χ3n) is 2.02. The molecule has 0 spiro atoms. The van der Waals surface area contributed by atoms with Crippen molar-refractivity contribution >= 4 is 0 Å². The van der Waals surface area contributed by atoms with Crippen LogP contribution < -0.4 is 11.3 Å². The lowest BCUT2D eigenvalue weighted by atomic mass is 10.1. The number of benzene rings is 1. The van der Waals surface area contributed by atoms with Gasteiger partial charge in [-0.1, -0.05) is 30.3 Å². The van der Waals surface area contributed by atoms with Crippen molar-refractivity contribution in [3.63, 3.8) is 0 Å². The van der Waals surface area contributed by atoms with E-state index in [1.807, 2.05) is 30.3 Å². The van der Waals surface area contributed by atoms with E-state index < -0.39 is 0 Å². The fourth-order valence-electron chi connectivity index (χ4n) is 1.38. The summed E-state index contributed by atoms with van der Waals surface area (Å²) in [4.78, 5) is 11.4. The predicted molar refractivity (Wildman–Crippen MR) is 52.7 cm³/mol. The van der Waals surface area contributed by atoms with Crippen LogP contribution in [0.25, 0.3) is 11.1 Å². The Kier molecular flexibility index (Phi) is 2.20. The third kappa shape index (κ3) is 1.36. The van der Waals surface area contributed by atoms with Gasteiger partial charge in [0.15, 0.2) is 5.76 Å². The van der Waals surface area contributed by atoms with Crippen molar-refractivity contribution in [2.24, 2.45) is 5.73 Å². The highest BCUT2D eigenvalue weighted by atomic mass is 16.5. The maximum Gasteiger partial charge on any atom is 0.288 e. The zero-order chi connectivity index (χ0) is 9.97. The van der Waals surface area contributed by atoms with Crippen molar-refractivity contribution in [2.75, 3.05) is 0 Å². The molecule has 4 nitrogen and oxygen atoms in total. The van der Waals surface area contributed by atoms with Crippen LogP contribution in [0.2, 0.25) is 0 Å². The lowest BCUT2D eigenvalue weighted by Gasteiger charge is -1.96. The minimum Gasteiger partial charge on any atom is -0.381 e. The van der Waals surface area contributed by atoms with Gasteiger partial charge in [-0.05, 0) is 5.56 Å². The first-order valence-electron chi connectivity index (χ1n) is 4.28. The number of nitrogens with two attached hydrogens (primary N) is 1. The summed E-state index contributed by atoms with van der Waals surface area (Å²) in [7, 11) is 0. The fourth-order valence-corrected chi connectivity index (χ4v) is 1.38. The van der Waals surface area contributed by atoms with Gasteiger partial charge in [-0.3, -0.25) is 4.79 Å². The number of hydrogen-bond donors (Lipinski definition) is 2. The fraction of sp³-hybridized carbons (Fsp3) is 0.100. The number of hydrogen-bond acceptors (Lipinski definition) is 3. The number of rotatable bonds is 2. The first-order valence-corrected chi connectivity index (χ1v) is 4.28. The molecule has 0 fully saturated rings. The van der Waals surface area contributed by atoms with Gasteiger partial charge in [0.05, 0.1) is 12.1 Å². The first kappa shape index (κ1) is 8.77. The Morgan fingerprint density at radius 2 is 2.00 bits per heavy atom. The Morgan fingerprint density at radius 3 is 2.64 bits per heavy atom. The summed E-state index contributed by atoms with van der Waals surface area (Å²) in [6.45, 7) is 0.211. The van der Waals surface area contributed by atoms with Gasteiger partial charge in [0.25, 0.3) is 5.56 Å². The quantitative estimate of drug-likeness (QED) is 0.744. The maximum atomic E-state index is 11.4. The minimum absolute atomic E-state index is 0.211. The smallest absolute Gasteiger partial charge is 0.288 e. The summed E-state index contributed by atoms with van der Waals surface area (Å²) in [5.74, 6) is 0.487. The van der Waals surface area contributed by atoms with Crippen molar-refractivity contribution in [1.29, 1.82) is 0 Å². The van der Waals surface area contributed by atoms with Gasteiger partial charge in [0.1, 0.15) is 0 Å². The van der Waals surface area contributed by atoms with E-state index >= 15 is 0 Å². The molecule has 0 aliphatic carbocycles. The Hall–Kier alpha value is -1.81. The SMILES string of the molecule is NCc1o[nH]c(=O)c1-c1ccccc1. The predicted octanol–water partition coefficient (Wildman–Crippen LogP) is 1.09. The minimum atomic E-state index is -0.239. The van der Waals surface area contributed by atoms with E-state index in [1.165, 1.54) is 0 Å². The molecular formula is C10H10N2O2. The average Bonchev–Trinajstić information content (AvgIpc) is 2.61. The molecule has 1 aromatic heterocycles. The Balaban J connectivity index is 2.61. The molecule has 3 N–H and O–H groups in total. The highest BCUT2D eigenvalue weighted by Crippen LogP contribution is 2.18. The highest BCUT2D eigenvalue weighted by Gasteiger charge is 2.12. The van der Waals surface area contributed by atoms with Crippen LogP contribution in [0.15, 0.2) is 39.6 Å². The van der Waals surface area contributed by atoms with Crippen LogP contribution in [0.4, 0.5) is 0 Å². The number of nitrogens with one attached hydrogen (secondary N) is 1. The summed E-state index contributed by atoms with van der Waals surface area (Å²) in [6, 6.07) is 9.31. The van der Waals surface area contributed by atoms with Crippen molar-refractivity contribution in [3.8, 4) is 11.1 Å². The second-order valence-electron chi connectivity index (χ2n) is 2.90. The molecule has 0 aliphatic rings. The topological polar surface area (TPSA) is 72.0 Å². The standard InChI is InChI=1S/C10H10N2O2/c11-6-8-9(10(13)12-14-8)7-4-2-1-3-5-7/h1-5H,6,11H2,(H,12,13). The molecule has 4 heteroatoms. The van der Waals surface area contributed by atoms with Crippen molar-refractivity contribution < 1.29 is 4.52 Å². The molecule has 0 radical (unpaired) electrons. The first-order chi connectivity index (χ1) is 6.83. The largest absolute Gasteiger partial charge is 0.381 e. The molecule has 72 valence electrons. The molecule has 1 aromatic carbocycles. The van der Waals surface area contributed by atoms with Crippen LogP contribution in [0.3, 0.4) is 0 Å². The van der Waals surface area contributed by atoms with Gasteiger partial charge < -0.3 is 10.3 Å². The molecule has 2 aromatic rings. The molecule has 0 atom stereocenters. The zero-order valence-corrected chi connectivity index (χ0v) is 7.49. The van der Waals surface area contributed by atoms with Crippen molar-refractivity contribution in [1.82, 2.24) is 5.16 Å². The molecule has 2 rings (SSSR count). The second-order valence-corrected chi connectivity index (χ2v) is 2.90. The molecule has 0 unspecified atom stereocenters. The lowest BCUT2D eigenvalue weighted by molar-refractivity contribution is 0.380. The van der Waals surface area contributed by atoms with E-state index in [1.54, 1.807) is 0 Å². The Morgan fingerprint density at radius 1 is 1.29 bits per heavy atom. The number of aromatic amines is 1. The molecular weight excluding hydrogens is 180 g/mol. The van der Waals surface area contributed by atoms with E-state index in [0.717, 1.165) is 5.56 Å². The van der Waals surface area contributed by atoms with Crippen LogP contribution in [0, 0.1) is 0 Å². The molecule has 0 aliphatic heterocycles. The molecule has 0 saturated heterocycles. The molecule has 0 bridgehead atoms. The summed E-state index contributed by atoms with van der Waals surface area (Å²) in [5.41, 5.74) is 6.55. The van der Waals surface area contributed by atoms with Crippen LogP contribution in [-0.4, -0.2) is 5.16 Å². The molecule has 1 heterocycles. The maximum absolute atomic E-state index is 11.4. The zero-order valence-electron chi connectivity index (χ0n) is 7.49. The third-order valence-corrected chi connectivity index (χ3v) is 2.02. The molecule has 0 amide bonds. The van der Waals surface area contributed by atoms with Gasteiger partial charge in [-0.15, -0.1) is 0 Å². The van der Waals surface area contributed by atoms with Gasteiger partial charge >= 0.3 is 0 Å². The van der Waals surface area contributed by atoms with Crippen LogP contribution >= 0.6 is 0 Å². The summed E-state index contributed by atoms with van der Waals surface area (Å²) < 4.78 is 4.94. The van der Waals surface area contributed by atoms with E-state index in [0.29, 0.717) is 11.3 Å². The Labute approximate surface area is 80.3 Å². The van der Waals surface area contributed by atoms with Crippen molar-refractivity contribution in [3.05, 3.63) is 46.4 Å². The molecule has 14 heavy (non-hydrogen) atoms. The normalized spacial score (nSPS) is 10.4. The van der Waals surface area contributed by atoms with E-state index in [4.69, 9.17) is 10.3 Å². The van der Waals surface area contributed by atoms with Gasteiger partial charge in [-0.2, -0.15) is 5.16 Å². The van der Waals surface area contributed by atoms with Crippen molar-refractivity contribution in [2.45, 2.75) is 6.54 Å². The van der Waals surface area contributed by atoms with E-state index in [-0.39, 0.29) is 12.1 Å². The lowest BCUT2D eigenvalue weighted by Crippen LogP contribution is -2.04. The summed E-state index contributed by atoms with van der Waals surface area (Å²) >= 11 is 0. The average molecular weight is 190 g/mol. The van der Waals surface area contributed by atoms with Crippen LogP contribution in [0.1, 0.15) is 5.76 Å².